The summed E-state index contributed by atoms with van der Waals surface area (Å²) in [6.07, 6.45) is -4.72. The van der Waals surface area contributed by atoms with Gasteiger partial charge in [-0.15, -0.1) is 0 Å². The molecule has 0 aliphatic carbocycles. The van der Waals surface area contributed by atoms with Crippen molar-refractivity contribution >= 4 is 28.3 Å². The van der Waals surface area contributed by atoms with Gasteiger partial charge in [0.2, 0.25) is 11.8 Å². The van der Waals surface area contributed by atoms with E-state index in [4.69, 9.17) is 15.2 Å². The van der Waals surface area contributed by atoms with Gasteiger partial charge in [-0.2, -0.15) is 23.1 Å². The van der Waals surface area contributed by atoms with Gasteiger partial charge in [-0.25, -0.2) is 13.8 Å². The van der Waals surface area contributed by atoms with Crippen LogP contribution in [0.1, 0.15) is 30.9 Å². The van der Waals surface area contributed by atoms with Gasteiger partial charge in [-0.3, -0.25) is 4.79 Å². The van der Waals surface area contributed by atoms with Crippen LogP contribution in [-0.4, -0.2) is 65.3 Å². The van der Waals surface area contributed by atoms with Crippen molar-refractivity contribution in [1.82, 2.24) is 25.6 Å². The van der Waals surface area contributed by atoms with E-state index in [0.29, 0.717) is 38.5 Å². The fourth-order valence-corrected chi connectivity index (χ4v) is 5.65. The molecule has 3 aliphatic rings. The number of nitrogen functional groups attached to an aromatic ring is 1. The predicted molar refractivity (Wildman–Crippen MR) is 138 cm³/mol. The molecule has 15 heteroatoms. The minimum Gasteiger partial charge on any atom is -0.472 e. The van der Waals surface area contributed by atoms with E-state index in [9.17, 15) is 22.4 Å². The third-order valence-electron chi connectivity index (χ3n) is 7.67. The number of halogens is 5. The predicted octanol–water partition coefficient (Wildman–Crippen LogP) is 3.10. The summed E-state index contributed by atoms with van der Waals surface area (Å²) in [5.74, 6) is -2.49. The highest BCUT2D eigenvalue weighted by Crippen LogP contribution is 2.46. The molecular weight excluding hydrogens is 553 g/mol. The van der Waals surface area contributed by atoms with Crippen LogP contribution >= 0.6 is 0 Å². The highest BCUT2D eigenvalue weighted by molar-refractivity contribution is 5.97. The van der Waals surface area contributed by atoms with Crippen molar-refractivity contribution in [3.05, 3.63) is 28.8 Å². The number of nitrogens with two attached hydrogens (primary N) is 1. The molecule has 0 saturated carbocycles. The van der Waals surface area contributed by atoms with Gasteiger partial charge in [0.15, 0.2) is 5.82 Å². The number of benzene rings is 1. The molecule has 0 radical (unpaired) electrons. The molecule has 10 nitrogen and oxygen atoms in total. The number of aromatic nitrogens is 3. The van der Waals surface area contributed by atoms with Crippen LogP contribution in [0.4, 0.5) is 33.5 Å². The summed E-state index contributed by atoms with van der Waals surface area (Å²) in [7, 11) is 0. The Kier molecular flexibility index (Phi) is 6.51. The molecule has 6 rings (SSSR count). The van der Waals surface area contributed by atoms with Gasteiger partial charge < -0.3 is 30.7 Å². The van der Waals surface area contributed by atoms with Crippen LogP contribution in [0.3, 0.4) is 0 Å². The van der Waals surface area contributed by atoms with Crippen LogP contribution in [-0.2, 0) is 11.0 Å². The Bertz CT molecular complexity index is 1570. The van der Waals surface area contributed by atoms with Gasteiger partial charge in [0.1, 0.15) is 40.9 Å². The lowest BCUT2D eigenvalue weighted by Gasteiger charge is -2.38. The van der Waals surface area contributed by atoms with Gasteiger partial charge in [0.25, 0.3) is 0 Å². The lowest BCUT2D eigenvalue weighted by molar-refractivity contribution is -0.137. The van der Waals surface area contributed by atoms with E-state index in [1.807, 2.05) is 4.90 Å². The number of fused-ring (bicyclic) bond motifs is 2. The summed E-state index contributed by atoms with van der Waals surface area (Å²) >= 11 is 0. The highest BCUT2D eigenvalue weighted by Gasteiger charge is 2.41. The third-order valence-corrected chi connectivity index (χ3v) is 7.67. The molecule has 0 bridgehead atoms. The molecule has 1 aromatic carbocycles. The number of anilines is 2. The topological polar surface area (TPSA) is 128 Å². The normalized spacial score (nSPS) is 22.3. The Hall–Kier alpha value is -4.01. The molecule has 41 heavy (non-hydrogen) atoms. The number of alkyl halides is 3. The zero-order valence-corrected chi connectivity index (χ0v) is 22.0. The summed E-state index contributed by atoms with van der Waals surface area (Å²) in [6.45, 7) is 4.24. The smallest absolute Gasteiger partial charge is 0.417 e. The maximum absolute atomic E-state index is 16.4. The first-order chi connectivity index (χ1) is 19.4. The first kappa shape index (κ1) is 27.2. The van der Waals surface area contributed by atoms with Crippen LogP contribution in [0.5, 0.6) is 11.9 Å². The van der Waals surface area contributed by atoms with E-state index >= 15 is 4.39 Å². The minimum absolute atomic E-state index is 0.00685. The molecule has 218 valence electrons. The molecule has 2 fully saturated rings. The van der Waals surface area contributed by atoms with E-state index in [1.54, 1.807) is 6.92 Å². The standard InChI is InChI=1S/C26H26F5N7O3/c1-10-18(26(29,30)31)13(7-14(32)19(10)27)21-20(28)22-17-23(37-25(36-22)40-9-12-3-4-16(39)34-12)38-6-5-33-8-15(38)11(2)41-24(17)35-21/h7,11-12,15,33H,3-6,8-9,32H2,1-2H3,(H,34,39)/t11-,12-,15-/m0/s1. The lowest BCUT2D eigenvalue weighted by atomic mass is 9.96. The van der Waals surface area contributed by atoms with E-state index in [2.05, 4.69) is 25.6 Å². The van der Waals surface area contributed by atoms with E-state index in [1.165, 1.54) is 0 Å². The minimum atomic E-state index is -5.05. The average molecular weight is 580 g/mol. The van der Waals surface area contributed by atoms with Crippen molar-refractivity contribution in [2.24, 2.45) is 0 Å². The first-order valence-corrected chi connectivity index (χ1v) is 13.1. The molecule has 3 aromatic rings. The van der Waals surface area contributed by atoms with Crippen LogP contribution in [0.15, 0.2) is 6.07 Å². The van der Waals surface area contributed by atoms with Crippen molar-refractivity contribution in [3.63, 3.8) is 0 Å². The van der Waals surface area contributed by atoms with E-state index < -0.39 is 52.0 Å². The number of rotatable bonds is 4. The molecule has 5 heterocycles. The Labute approximate surface area is 230 Å². The molecule has 0 unspecified atom stereocenters. The van der Waals surface area contributed by atoms with E-state index in [-0.39, 0.29) is 53.2 Å². The number of piperazine rings is 1. The SMILES string of the molecule is Cc1c(F)c(N)cc(-c2nc3c4c(nc(OC[C@@H]5CCC(=O)N5)nc4c2F)N2CCNC[C@H]2[C@H](C)O3)c1C(F)(F)F. The second-order valence-corrected chi connectivity index (χ2v) is 10.4. The number of nitrogens with one attached hydrogen (secondary N) is 2. The molecule has 1 amide bonds. The average Bonchev–Trinajstić information content (AvgIpc) is 3.30. The van der Waals surface area contributed by atoms with E-state index in [0.717, 1.165) is 6.92 Å². The molecule has 2 saturated heterocycles. The van der Waals surface area contributed by atoms with Gasteiger partial charge in [-0.05, 0) is 31.9 Å². The molecule has 4 N–H and O–H groups in total. The summed E-state index contributed by atoms with van der Waals surface area (Å²) in [5.41, 5.74) is 1.02. The first-order valence-electron chi connectivity index (χ1n) is 13.1. The fraction of sp³-hybridized carbons (Fsp3) is 0.462. The number of ether oxygens (including phenoxy) is 2. The van der Waals surface area contributed by atoms with Crippen LogP contribution in [0.25, 0.3) is 22.2 Å². The number of pyridine rings is 1. The van der Waals surface area contributed by atoms with Crippen molar-refractivity contribution in [3.8, 4) is 23.1 Å². The third kappa shape index (κ3) is 4.61. The second-order valence-electron chi connectivity index (χ2n) is 10.4. The Morgan fingerprint density at radius 1 is 1.22 bits per heavy atom. The van der Waals surface area contributed by atoms with Crippen LogP contribution in [0, 0.1) is 18.6 Å². The molecular formula is C26H26F5N7O3. The van der Waals surface area contributed by atoms with Crippen LogP contribution < -0.4 is 30.7 Å². The molecule has 3 atom stereocenters. The Balaban J connectivity index is 1.59. The maximum Gasteiger partial charge on any atom is 0.417 e. The van der Waals surface area contributed by atoms with Gasteiger partial charge >= 0.3 is 12.2 Å². The second kappa shape index (κ2) is 9.82. The number of hydrogen-bond donors (Lipinski definition) is 3. The number of amides is 1. The lowest BCUT2D eigenvalue weighted by Crippen LogP contribution is -2.56. The zero-order valence-electron chi connectivity index (χ0n) is 22.0. The van der Waals surface area contributed by atoms with Gasteiger partial charge in [0.05, 0.1) is 23.3 Å². The van der Waals surface area contributed by atoms with Crippen molar-refractivity contribution in [1.29, 1.82) is 0 Å². The molecule has 0 spiro atoms. The Morgan fingerprint density at radius 3 is 2.71 bits per heavy atom. The summed E-state index contributed by atoms with van der Waals surface area (Å²) < 4.78 is 85.4. The largest absolute Gasteiger partial charge is 0.472 e. The fourth-order valence-electron chi connectivity index (χ4n) is 5.65. The quantitative estimate of drug-likeness (QED) is 0.316. The van der Waals surface area contributed by atoms with Gasteiger partial charge in [0, 0.05) is 31.6 Å². The number of carbonyl (C=O) groups excluding carboxylic acids is 1. The van der Waals surface area contributed by atoms with Crippen molar-refractivity contribution < 1.29 is 36.2 Å². The maximum atomic E-state index is 16.4. The Morgan fingerprint density at radius 2 is 2.00 bits per heavy atom. The summed E-state index contributed by atoms with van der Waals surface area (Å²) in [5, 5.41) is 6.10. The number of hydrogen-bond acceptors (Lipinski definition) is 9. The molecule has 2 aromatic heterocycles. The molecule has 3 aliphatic heterocycles. The summed E-state index contributed by atoms with van der Waals surface area (Å²) in [6, 6.07) is -0.0958. The van der Waals surface area contributed by atoms with Crippen molar-refractivity contribution in [2.45, 2.75) is 51.1 Å². The monoisotopic (exact) mass is 579 g/mol. The number of carbonyl (C=O) groups is 1. The van der Waals surface area contributed by atoms with Gasteiger partial charge in [-0.1, -0.05) is 0 Å². The highest BCUT2D eigenvalue weighted by atomic mass is 19.4. The van der Waals surface area contributed by atoms with Crippen molar-refractivity contribution in [2.75, 3.05) is 36.9 Å². The number of nitrogens with zero attached hydrogens (tertiary/aromatic N) is 4. The summed E-state index contributed by atoms with van der Waals surface area (Å²) in [4.78, 5) is 26.5. The van der Waals surface area contributed by atoms with Crippen LogP contribution in [0.2, 0.25) is 0 Å². The zero-order chi connectivity index (χ0) is 29.2.